The Morgan fingerprint density at radius 2 is 2.28 bits per heavy atom. The molecule has 1 N–H and O–H groups in total. The molecule has 0 radical (unpaired) electrons. The Balaban J connectivity index is 1.56. The highest BCUT2D eigenvalue weighted by Crippen LogP contribution is 2.27. The number of rotatable bonds is 4. The molecular weight excluding hydrogens is 228 g/mol. The van der Waals surface area contributed by atoms with Gasteiger partial charge in [0.15, 0.2) is 0 Å². The molecule has 0 atom stereocenters. The molecule has 4 heteroatoms. The van der Waals surface area contributed by atoms with Crippen LogP contribution in [-0.4, -0.2) is 26.4 Å². The molecule has 0 aromatic heterocycles. The summed E-state index contributed by atoms with van der Waals surface area (Å²) >= 11 is 0. The van der Waals surface area contributed by atoms with Crippen LogP contribution in [0.25, 0.3) is 0 Å². The van der Waals surface area contributed by atoms with E-state index in [1.165, 1.54) is 11.1 Å². The summed E-state index contributed by atoms with van der Waals surface area (Å²) < 4.78 is 10.6. The van der Waals surface area contributed by atoms with Crippen molar-refractivity contribution in [3.63, 3.8) is 0 Å². The van der Waals surface area contributed by atoms with Gasteiger partial charge < -0.3 is 14.8 Å². The topological polar surface area (TPSA) is 54.3 Å². The third-order valence-corrected chi connectivity index (χ3v) is 3.54. The second kappa shape index (κ2) is 4.60. The molecule has 1 saturated heterocycles. The Morgan fingerprint density at radius 3 is 3.00 bits per heavy atom. The van der Waals surface area contributed by atoms with Crippen molar-refractivity contribution in [1.82, 2.24) is 5.32 Å². The maximum atomic E-state index is 9.07. The van der Waals surface area contributed by atoms with Crippen LogP contribution in [0.3, 0.4) is 0 Å². The standard InChI is InChI=1S/C14H16N2O2/c15-7-14(9-17-10-14)8-16-6-11-1-2-13-12(5-11)3-4-18-13/h1-2,5,16H,3-4,6,8-10H2. The largest absolute Gasteiger partial charge is 0.493 e. The molecule has 94 valence electrons. The first-order chi connectivity index (χ1) is 8.81. The van der Waals surface area contributed by atoms with E-state index in [-0.39, 0.29) is 5.41 Å². The number of hydrogen-bond donors (Lipinski definition) is 1. The lowest BCUT2D eigenvalue weighted by Crippen LogP contribution is -2.48. The van der Waals surface area contributed by atoms with Crippen molar-refractivity contribution in [1.29, 1.82) is 5.26 Å². The number of nitriles is 1. The van der Waals surface area contributed by atoms with E-state index in [2.05, 4.69) is 23.5 Å². The van der Waals surface area contributed by atoms with Gasteiger partial charge in [-0.1, -0.05) is 12.1 Å². The van der Waals surface area contributed by atoms with E-state index in [9.17, 15) is 0 Å². The second-order valence-electron chi connectivity index (χ2n) is 5.03. The predicted octanol–water partition coefficient (Wildman–Crippen LogP) is 1.25. The maximum absolute atomic E-state index is 9.07. The zero-order chi connectivity index (χ0) is 12.4. The van der Waals surface area contributed by atoms with E-state index in [0.717, 1.165) is 25.3 Å². The van der Waals surface area contributed by atoms with Gasteiger partial charge in [-0.05, 0) is 17.2 Å². The highest BCUT2D eigenvalue weighted by Gasteiger charge is 2.38. The number of ether oxygens (including phenoxy) is 2. The van der Waals surface area contributed by atoms with Crippen molar-refractivity contribution >= 4 is 0 Å². The van der Waals surface area contributed by atoms with Crippen LogP contribution in [0.15, 0.2) is 18.2 Å². The van der Waals surface area contributed by atoms with Gasteiger partial charge in [0.2, 0.25) is 0 Å². The first kappa shape index (κ1) is 11.5. The number of benzene rings is 1. The molecule has 0 amide bonds. The Bertz CT molecular complexity index is 489. The molecule has 3 rings (SSSR count). The summed E-state index contributed by atoms with van der Waals surface area (Å²) in [6.45, 7) is 3.37. The van der Waals surface area contributed by atoms with Crippen LogP contribution in [0.4, 0.5) is 0 Å². The summed E-state index contributed by atoms with van der Waals surface area (Å²) in [6, 6.07) is 8.63. The molecule has 0 saturated carbocycles. The molecule has 2 heterocycles. The van der Waals surface area contributed by atoms with Crippen LogP contribution in [0.5, 0.6) is 5.75 Å². The quantitative estimate of drug-likeness (QED) is 0.866. The summed E-state index contributed by atoms with van der Waals surface area (Å²) in [5, 5.41) is 12.4. The van der Waals surface area contributed by atoms with Crippen LogP contribution in [-0.2, 0) is 17.7 Å². The fourth-order valence-corrected chi connectivity index (χ4v) is 2.35. The number of hydrogen-bond acceptors (Lipinski definition) is 4. The molecule has 18 heavy (non-hydrogen) atoms. The number of nitrogens with zero attached hydrogens (tertiary/aromatic N) is 1. The van der Waals surface area contributed by atoms with Crippen molar-refractivity contribution in [2.45, 2.75) is 13.0 Å². The third-order valence-electron chi connectivity index (χ3n) is 3.54. The van der Waals surface area contributed by atoms with E-state index in [1.54, 1.807) is 0 Å². The molecule has 1 aromatic carbocycles. The van der Waals surface area contributed by atoms with Gasteiger partial charge in [-0.2, -0.15) is 5.26 Å². The lowest BCUT2D eigenvalue weighted by atomic mass is 9.88. The van der Waals surface area contributed by atoms with Gasteiger partial charge in [0.25, 0.3) is 0 Å². The first-order valence-corrected chi connectivity index (χ1v) is 6.26. The van der Waals surface area contributed by atoms with Crippen molar-refractivity contribution in [3.05, 3.63) is 29.3 Å². The average molecular weight is 244 g/mol. The fraction of sp³-hybridized carbons (Fsp3) is 0.500. The van der Waals surface area contributed by atoms with Crippen LogP contribution < -0.4 is 10.1 Å². The van der Waals surface area contributed by atoms with Gasteiger partial charge in [0.05, 0.1) is 25.9 Å². The zero-order valence-electron chi connectivity index (χ0n) is 10.2. The van der Waals surface area contributed by atoms with E-state index < -0.39 is 0 Å². The SMILES string of the molecule is N#CC1(CNCc2ccc3c(c2)CCO3)COC1. The van der Waals surface area contributed by atoms with E-state index >= 15 is 0 Å². The van der Waals surface area contributed by atoms with Gasteiger partial charge >= 0.3 is 0 Å². The van der Waals surface area contributed by atoms with E-state index in [0.29, 0.717) is 19.8 Å². The summed E-state index contributed by atoms with van der Waals surface area (Å²) in [7, 11) is 0. The minimum atomic E-state index is -0.306. The predicted molar refractivity (Wildman–Crippen MR) is 66.2 cm³/mol. The third kappa shape index (κ3) is 2.07. The Morgan fingerprint density at radius 1 is 1.39 bits per heavy atom. The molecular formula is C14H16N2O2. The molecule has 2 aliphatic heterocycles. The summed E-state index contributed by atoms with van der Waals surface area (Å²) in [4.78, 5) is 0. The number of fused-ring (bicyclic) bond motifs is 1. The lowest BCUT2D eigenvalue weighted by Gasteiger charge is -2.35. The summed E-state index contributed by atoms with van der Waals surface area (Å²) in [5.41, 5.74) is 2.23. The Hall–Kier alpha value is -1.57. The molecule has 0 aliphatic carbocycles. The monoisotopic (exact) mass is 244 g/mol. The van der Waals surface area contributed by atoms with Crippen LogP contribution in [0.2, 0.25) is 0 Å². The van der Waals surface area contributed by atoms with E-state index in [4.69, 9.17) is 14.7 Å². The van der Waals surface area contributed by atoms with Gasteiger partial charge in [-0.25, -0.2) is 0 Å². The lowest BCUT2D eigenvalue weighted by molar-refractivity contribution is -0.0755. The number of nitrogens with one attached hydrogen (secondary N) is 1. The minimum Gasteiger partial charge on any atom is -0.493 e. The minimum absolute atomic E-state index is 0.306. The van der Waals surface area contributed by atoms with Crippen molar-refractivity contribution < 1.29 is 9.47 Å². The molecule has 0 bridgehead atoms. The molecule has 4 nitrogen and oxygen atoms in total. The van der Waals surface area contributed by atoms with Crippen molar-refractivity contribution in [2.24, 2.45) is 5.41 Å². The molecule has 1 aromatic rings. The van der Waals surface area contributed by atoms with Crippen LogP contribution in [0, 0.1) is 16.7 Å². The smallest absolute Gasteiger partial charge is 0.122 e. The Kier molecular flexibility index (Phi) is 2.94. The van der Waals surface area contributed by atoms with Gasteiger partial charge in [0, 0.05) is 19.5 Å². The zero-order valence-corrected chi connectivity index (χ0v) is 10.2. The summed E-state index contributed by atoms with van der Waals surface area (Å²) in [5.74, 6) is 1.01. The Labute approximate surface area is 107 Å². The normalized spacial score (nSPS) is 19.5. The highest BCUT2D eigenvalue weighted by molar-refractivity contribution is 5.39. The summed E-state index contributed by atoms with van der Waals surface area (Å²) in [6.07, 6.45) is 0.999. The highest BCUT2D eigenvalue weighted by atomic mass is 16.5. The molecule has 2 aliphatic rings. The second-order valence-corrected chi connectivity index (χ2v) is 5.03. The van der Waals surface area contributed by atoms with Gasteiger partial charge in [0.1, 0.15) is 11.2 Å². The molecule has 0 unspecified atom stereocenters. The van der Waals surface area contributed by atoms with Crippen LogP contribution in [0.1, 0.15) is 11.1 Å². The fourth-order valence-electron chi connectivity index (χ4n) is 2.35. The van der Waals surface area contributed by atoms with Crippen molar-refractivity contribution in [3.8, 4) is 11.8 Å². The van der Waals surface area contributed by atoms with Gasteiger partial charge in [-0.3, -0.25) is 0 Å². The molecule has 1 fully saturated rings. The molecule has 0 spiro atoms. The average Bonchev–Trinajstić information content (AvgIpc) is 2.80. The maximum Gasteiger partial charge on any atom is 0.122 e. The first-order valence-electron chi connectivity index (χ1n) is 6.26. The van der Waals surface area contributed by atoms with Gasteiger partial charge in [-0.15, -0.1) is 0 Å². The van der Waals surface area contributed by atoms with Crippen molar-refractivity contribution in [2.75, 3.05) is 26.4 Å². The van der Waals surface area contributed by atoms with Crippen LogP contribution >= 0.6 is 0 Å². The van der Waals surface area contributed by atoms with E-state index in [1.807, 2.05) is 6.07 Å².